The van der Waals surface area contributed by atoms with Crippen molar-refractivity contribution in [3.63, 3.8) is 0 Å². The van der Waals surface area contributed by atoms with E-state index in [1.54, 1.807) is 0 Å². The van der Waals surface area contributed by atoms with E-state index in [-0.39, 0.29) is 33.5 Å². The number of rotatable bonds is 1. The number of aliphatic hydroxyl groups is 3. The van der Waals surface area contributed by atoms with Gasteiger partial charge < -0.3 is 20.4 Å². The molecule has 5 aliphatic carbocycles. The fourth-order valence-corrected chi connectivity index (χ4v) is 11.0. The molecule has 5 nitrogen and oxygen atoms in total. The van der Waals surface area contributed by atoms with Crippen LogP contribution in [-0.2, 0) is 4.79 Å². The summed E-state index contributed by atoms with van der Waals surface area (Å²) in [4.78, 5) is 12.8. The Hall–Kier alpha value is -0.910. The molecule has 35 heavy (non-hydrogen) atoms. The Morgan fingerprint density at radius 3 is 2.23 bits per heavy atom. The highest BCUT2D eigenvalue weighted by atomic mass is 16.4. The molecule has 0 radical (unpaired) electrons. The molecule has 0 aliphatic heterocycles. The maximum atomic E-state index is 12.8. The molecule has 4 fully saturated rings. The van der Waals surface area contributed by atoms with E-state index in [9.17, 15) is 25.2 Å². The van der Waals surface area contributed by atoms with Crippen molar-refractivity contribution in [2.45, 2.75) is 118 Å². The molecule has 0 spiro atoms. The molecular weight excluding hydrogens is 440 g/mol. The summed E-state index contributed by atoms with van der Waals surface area (Å²) >= 11 is 0. The predicted molar refractivity (Wildman–Crippen MR) is 135 cm³/mol. The average Bonchev–Trinajstić information content (AvgIpc) is 2.75. The van der Waals surface area contributed by atoms with Crippen molar-refractivity contribution in [3.8, 4) is 0 Å². The van der Waals surface area contributed by atoms with Crippen LogP contribution in [0.3, 0.4) is 0 Å². The SMILES string of the molecule is C[C@@H]1CC[C@]2(C(=O)O)CC[C@]3(C)C(=CCC4[C@@]5(C)C[C@@H](O)[C@@H](O)C(C)(C)[C@@H]5CC[C@]43C)[C@@H]2[C@]1(C)O. The molecule has 0 heterocycles. The molecule has 198 valence electrons. The summed E-state index contributed by atoms with van der Waals surface area (Å²) in [6, 6.07) is 0. The van der Waals surface area contributed by atoms with Gasteiger partial charge in [-0.3, -0.25) is 4.79 Å². The zero-order chi connectivity index (χ0) is 26.0. The lowest BCUT2D eigenvalue weighted by Crippen LogP contribution is -2.68. The number of carboxylic acid groups (broad SMARTS) is 1. The number of aliphatic carboxylic acids is 1. The second-order valence-corrected chi connectivity index (χ2v) is 14.9. The largest absolute Gasteiger partial charge is 0.481 e. The standard InChI is InChI=1S/C30H48O5/c1-17-10-13-30(24(33)34)15-14-27(5)18(22(30)29(17,7)35)8-9-21-26(4)16-19(31)23(32)25(2,3)20(26)11-12-28(21,27)6/h8,17,19-23,31-32,35H,9-16H2,1-7H3,(H,33,34)/t17-,19-,20+,21?,22-,23-,26+,27-,28-,29-,30+/m1/s1. The second kappa shape index (κ2) is 7.35. The van der Waals surface area contributed by atoms with Gasteiger partial charge in [0.05, 0.1) is 23.2 Å². The van der Waals surface area contributed by atoms with E-state index >= 15 is 0 Å². The molecule has 5 aliphatic rings. The number of hydrogen-bond acceptors (Lipinski definition) is 4. The highest BCUT2D eigenvalue weighted by Gasteiger charge is 2.71. The van der Waals surface area contributed by atoms with Gasteiger partial charge in [-0.25, -0.2) is 0 Å². The topological polar surface area (TPSA) is 98.0 Å². The Labute approximate surface area is 211 Å². The van der Waals surface area contributed by atoms with E-state index in [0.717, 1.165) is 32.1 Å². The molecule has 4 saturated carbocycles. The Balaban J connectivity index is 1.65. The van der Waals surface area contributed by atoms with Gasteiger partial charge in [0.1, 0.15) is 0 Å². The molecule has 5 heteroatoms. The predicted octanol–water partition coefficient (Wildman–Crippen LogP) is 5.18. The minimum atomic E-state index is -1.05. The van der Waals surface area contributed by atoms with Crippen LogP contribution in [-0.4, -0.2) is 44.2 Å². The molecule has 0 aromatic heterocycles. The first-order valence-electron chi connectivity index (χ1n) is 14.0. The fraction of sp³-hybridized carbons (Fsp3) is 0.900. The Morgan fingerprint density at radius 2 is 1.60 bits per heavy atom. The number of aliphatic hydroxyl groups excluding tert-OH is 2. The van der Waals surface area contributed by atoms with Gasteiger partial charge in [0.25, 0.3) is 0 Å². The van der Waals surface area contributed by atoms with Crippen LogP contribution in [0, 0.1) is 50.7 Å². The molecule has 0 bridgehead atoms. The molecule has 11 atom stereocenters. The first kappa shape index (κ1) is 25.7. The maximum absolute atomic E-state index is 12.8. The van der Waals surface area contributed by atoms with Gasteiger partial charge >= 0.3 is 5.97 Å². The summed E-state index contributed by atoms with van der Waals surface area (Å²) in [5.74, 6) is -0.394. The van der Waals surface area contributed by atoms with Crippen molar-refractivity contribution in [2.75, 3.05) is 0 Å². The third-order valence-electron chi connectivity index (χ3n) is 13.4. The maximum Gasteiger partial charge on any atom is 0.310 e. The lowest BCUT2D eigenvalue weighted by Gasteiger charge is -2.72. The number of fused-ring (bicyclic) bond motifs is 7. The molecule has 5 rings (SSSR count). The lowest BCUT2D eigenvalue weighted by molar-refractivity contribution is -0.237. The van der Waals surface area contributed by atoms with Crippen LogP contribution in [0.2, 0.25) is 0 Å². The van der Waals surface area contributed by atoms with Crippen molar-refractivity contribution in [1.82, 2.24) is 0 Å². The van der Waals surface area contributed by atoms with Crippen LogP contribution in [0.25, 0.3) is 0 Å². The molecule has 0 aromatic rings. The van der Waals surface area contributed by atoms with E-state index in [2.05, 4.69) is 47.6 Å². The van der Waals surface area contributed by atoms with Crippen LogP contribution in [0.15, 0.2) is 11.6 Å². The monoisotopic (exact) mass is 488 g/mol. The van der Waals surface area contributed by atoms with Crippen LogP contribution in [0.1, 0.15) is 99.8 Å². The summed E-state index contributed by atoms with van der Waals surface area (Å²) in [6.45, 7) is 15.3. The average molecular weight is 489 g/mol. The zero-order valence-electron chi connectivity index (χ0n) is 22.9. The van der Waals surface area contributed by atoms with Crippen LogP contribution in [0.5, 0.6) is 0 Å². The normalized spacial score (nSPS) is 57.1. The zero-order valence-corrected chi connectivity index (χ0v) is 22.9. The van der Waals surface area contributed by atoms with Crippen molar-refractivity contribution in [1.29, 1.82) is 0 Å². The number of allylic oxidation sites excluding steroid dienone is 1. The summed E-state index contributed by atoms with van der Waals surface area (Å²) in [5.41, 5.74) is -1.46. The van der Waals surface area contributed by atoms with Gasteiger partial charge in [0.15, 0.2) is 0 Å². The Bertz CT molecular complexity index is 952. The summed E-state index contributed by atoms with van der Waals surface area (Å²) < 4.78 is 0. The number of carbonyl (C=O) groups is 1. The van der Waals surface area contributed by atoms with Crippen molar-refractivity contribution < 1.29 is 25.2 Å². The smallest absolute Gasteiger partial charge is 0.310 e. The third kappa shape index (κ3) is 2.90. The Morgan fingerprint density at radius 1 is 0.943 bits per heavy atom. The molecule has 1 unspecified atom stereocenters. The quantitative estimate of drug-likeness (QED) is 0.382. The number of carboxylic acids is 1. The van der Waals surface area contributed by atoms with E-state index in [1.165, 1.54) is 5.57 Å². The lowest BCUT2D eigenvalue weighted by atomic mass is 9.33. The van der Waals surface area contributed by atoms with Crippen LogP contribution < -0.4 is 0 Å². The molecule has 4 N–H and O–H groups in total. The van der Waals surface area contributed by atoms with Gasteiger partial charge in [0.2, 0.25) is 0 Å². The van der Waals surface area contributed by atoms with Crippen molar-refractivity contribution >= 4 is 5.97 Å². The van der Waals surface area contributed by atoms with Gasteiger partial charge in [-0.15, -0.1) is 0 Å². The summed E-state index contributed by atoms with van der Waals surface area (Å²) in [5, 5.41) is 44.3. The van der Waals surface area contributed by atoms with E-state index < -0.39 is 29.2 Å². The van der Waals surface area contributed by atoms with Crippen molar-refractivity contribution in [2.24, 2.45) is 50.7 Å². The van der Waals surface area contributed by atoms with E-state index in [0.29, 0.717) is 31.1 Å². The van der Waals surface area contributed by atoms with E-state index in [1.807, 2.05) is 6.92 Å². The number of hydrogen-bond donors (Lipinski definition) is 4. The Kier molecular flexibility index (Phi) is 5.40. The summed E-state index contributed by atoms with van der Waals surface area (Å²) in [7, 11) is 0. The van der Waals surface area contributed by atoms with Crippen molar-refractivity contribution in [3.05, 3.63) is 11.6 Å². The minimum absolute atomic E-state index is 0.0535. The highest BCUT2D eigenvalue weighted by molar-refractivity contribution is 5.77. The third-order valence-corrected chi connectivity index (χ3v) is 13.4. The molecular formula is C30H48O5. The first-order chi connectivity index (χ1) is 16.0. The van der Waals surface area contributed by atoms with Gasteiger partial charge in [-0.1, -0.05) is 53.2 Å². The minimum Gasteiger partial charge on any atom is -0.481 e. The molecule has 0 aromatic carbocycles. The first-order valence-corrected chi connectivity index (χ1v) is 14.0. The highest BCUT2D eigenvalue weighted by Crippen LogP contribution is 2.76. The van der Waals surface area contributed by atoms with Gasteiger partial charge in [0, 0.05) is 5.92 Å². The van der Waals surface area contributed by atoms with Gasteiger partial charge in [-0.2, -0.15) is 0 Å². The van der Waals surface area contributed by atoms with Crippen LogP contribution in [0.4, 0.5) is 0 Å². The molecule has 0 amide bonds. The van der Waals surface area contributed by atoms with E-state index in [4.69, 9.17) is 0 Å². The fourth-order valence-electron chi connectivity index (χ4n) is 11.0. The van der Waals surface area contributed by atoms with Crippen LogP contribution >= 0.6 is 0 Å². The summed E-state index contributed by atoms with van der Waals surface area (Å²) in [6.07, 6.45) is 7.21. The second-order valence-electron chi connectivity index (χ2n) is 14.9. The molecule has 0 saturated heterocycles. The van der Waals surface area contributed by atoms with Gasteiger partial charge in [-0.05, 0) is 97.7 Å².